The minimum absolute atomic E-state index is 0.00914. The van der Waals surface area contributed by atoms with Gasteiger partial charge in [-0.05, 0) is 19.1 Å². The van der Waals surface area contributed by atoms with Crippen molar-refractivity contribution >= 4 is 11.6 Å². The maximum Gasteiger partial charge on any atom is 0.223 e. The summed E-state index contributed by atoms with van der Waals surface area (Å²) in [5.41, 5.74) is 6.26. The predicted molar refractivity (Wildman–Crippen MR) is 70.4 cm³/mol. The summed E-state index contributed by atoms with van der Waals surface area (Å²) in [4.78, 5) is 11.5. The standard InChI is InChI=1S/C13H20N2O3/c1-10(9-17-2)15-13(16)6-7-18-12-5-3-4-11(14)8-12/h3-5,8,10H,6-7,9,14H2,1-2H3,(H,15,16). The fourth-order valence-corrected chi connectivity index (χ4v) is 1.50. The Bertz CT molecular complexity index is 382. The van der Waals surface area contributed by atoms with Crippen molar-refractivity contribution in [2.75, 3.05) is 26.1 Å². The molecule has 1 aromatic rings. The van der Waals surface area contributed by atoms with E-state index in [1.807, 2.05) is 19.1 Å². The lowest BCUT2D eigenvalue weighted by Crippen LogP contribution is -2.36. The minimum atomic E-state index is -0.0524. The first-order chi connectivity index (χ1) is 8.61. The second kappa shape index (κ2) is 7.55. The summed E-state index contributed by atoms with van der Waals surface area (Å²) >= 11 is 0. The van der Waals surface area contributed by atoms with Crippen LogP contribution in [0.4, 0.5) is 5.69 Å². The Morgan fingerprint density at radius 2 is 2.28 bits per heavy atom. The minimum Gasteiger partial charge on any atom is -0.493 e. The van der Waals surface area contributed by atoms with Crippen molar-refractivity contribution in [3.05, 3.63) is 24.3 Å². The molecule has 1 rings (SSSR count). The number of benzene rings is 1. The Labute approximate surface area is 107 Å². The molecule has 1 amide bonds. The third-order valence-corrected chi connectivity index (χ3v) is 2.28. The lowest BCUT2D eigenvalue weighted by molar-refractivity contribution is -0.122. The summed E-state index contributed by atoms with van der Waals surface area (Å²) in [5.74, 6) is 0.621. The van der Waals surface area contributed by atoms with E-state index in [4.69, 9.17) is 15.2 Å². The highest BCUT2D eigenvalue weighted by Crippen LogP contribution is 2.14. The van der Waals surface area contributed by atoms with Crippen molar-refractivity contribution in [2.45, 2.75) is 19.4 Å². The first kappa shape index (κ1) is 14.3. The van der Waals surface area contributed by atoms with Gasteiger partial charge in [-0.15, -0.1) is 0 Å². The Balaban J connectivity index is 2.23. The second-order valence-corrected chi connectivity index (χ2v) is 4.09. The third kappa shape index (κ3) is 5.54. The van der Waals surface area contributed by atoms with E-state index in [0.29, 0.717) is 31.1 Å². The smallest absolute Gasteiger partial charge is 0.223 e. The van der Waals surface area contributed by atoms with Crippen LogP contribution in [0.3, 0.4) is 0 Å². The van der Waals surface area contributed by atoms with Crippen molar-refractivity contribution in [3.8, 4) is 5.75 Å². The van der Waals surface area contributed by atoms with Gasteiger partial charge in [0, 0.05) is 24.9 Å². The van der Waals surface area contributed by atoms with Crippen molar-refractivity contribution < 1.29 is 14.3 Å². The van der Waals surface area contributed by atoms with Gasteiger partial charge in [0.2, 0.25) is 5.91 Å². The van der Waals surface area contributed by atoms with Gasteiger partial charge in [-0.2, -0.15) is 0 Å². The van der Waals surface area contributed by atoms with Crippen LogP contribution in [0, 0.1) is 0 Å². The zero-order valence-corrected chi connectivity index (χ0v) is 10.8. The molecular weight excluding hydrogens is 232 g/mol. The molecule has 0 fully saturated rings. The lowest BCUT2D eigenvalue weighted by atomic mass is 10.3. The molecule has 0 radical (unpaired) electrons. The molecule has 1 unspecified atom stereocenters. The number of nitrogens with one attached hydrogen (secondary N) is 1. The highest BCUT2D eigenvalue weighted by Gasteiger charge is 2.06. The number of rotatable bonds is 7. The van der Waals surface area contributed by atoms with Gasteiger partial charge in [0.15, 0.2) is 0 Å². The average molecular weight is 252 g/mol. The van der Waals surface area contributed by atoms with Gasteiger partial charge in [0.05, 0.1) is 19.6 Å². The number of hydrogen-bond donors (Lipinski definition) is 2. The summed E-state index contributed by atoms with van der Waals surface area (Å²) in [6, 6.07) is 7.14. The van der Waals surface area contributed by atoms with Gasteiger partial charge >= 0.3 is 0 Å². The maximum atomic E-state index is 11.5. The third-order valence-electron chi connectivity index (χ3n) is 2.28. The Hall–Kier alpha value is -1.75. The molecule has 5 nitrogen and oxygen atoms in total. The predicted octanol–water partition coefficient (Wildman–Crippen LogP) is 1.19. The van der Waals surface area contributed by atoms with Crippen molar-refractivity contribution in [1.82, 2.24) is 5.32 Å². The quantitative estimate of drug-likeness (QED) is 0.715. The van der Waals surface area contributed by atoms with Crippen LogP contribution >= 0.6 is 0 Å². The Morgan fingerprint density at radius 1 is 1.50 bits per heavy atom. The monoisotopic (exact) mass is 252 g/mol. The molecule has 0 spiro atoms. The molecule has 1 aromatic carbocycles. The van der Waals surface area contributed by atoms with E-state index >= 15 is 0 Å². The molecule has 0 aliphatic rings. The largest absolute Gasteiger partial charge is 0.493 e. The molecule has 5 heteroatoms. The first-order valence-corrected chi connectivity index (χ1v) is 5.88. The SMILES string of the molecule is COCC(C)NC(=O)CCOc1cccc(N)c1. The van der Waals surface area contributed by atoms with Crippen molar-refractivity contribution in [3.63, 3.8) is 0 Å². The first-order valence-electron chi connectivity index (χ1n) is 5.88. The number of anilines is 1. The molecule has 0 heterocycles. The molecule has 0 aliphatic heterocycles. The molecule has 3 N–H and O–H groups in total. The van der Waals surface area contributed by atoms with Crippen LogP contribution in [0.5, 0.6) is 5.75 Å². The fourth-order valence-electron chi connectivity index (χ4n) is 1.50. The molecule has 1 atom stereocenters. The van der Waals surface area contributed by atoms with Gasteiger partial charge in [-0.3, -0.25) is 4.79 Å². The Morgan fingerprint density at radius 3 is 2.94 bits per heavy atom. The van der Waals surface area contributed by atoms with E-state index < -0.39 is 0 Å². The van der Waals surface area contributed by atoms with Crippen LogP contribution in [0.15, 0.2) is 24.3 Å². The zero-order valence-electron chi connectivity index (χ0n) is 10.8. The van der Waals surface area contributed by atoms with E-state index in [-0.39, 0.29) is 11.9 Å². The number of carbonyl (C=O) groups excluding carboxylic acids is 1. The van der Waals surface area contributed by atoms with Crippen LogP contribution in [-0.2, 0) is 9.53 Å². The summed E-state index contributed by atoms with van der Waals surface area (Å²) in [7, 11) is 1.60. The zero-order chi connectivity index (χ0) is 13.4. The number of ether oxygens (including phenoxy) is 2. The van der Waals surface area contributed by atoms with Gasteiger partial charge in [0.1, 0.15) is 5.75 Å². The van der Waals surface area contributed by atoms with E-state index in [9.17, 15) is 4.79 Å². The summed E-state index contributed by atoms with van der Waals surface area (Å²) in [6.45, 7) is 2.72. The second-order valence-electron chi connectivity index (χ2n) is 4.09. The van der Waals surface area contributed by atoms with E-state index in [0.717, 1.165) is 0 Å². The topological polar surface area (TPSA) is 73.6 Å². The molecular formula is C13H20N2O3. The molecule has 0 bridgehead atoms. The highest BCUT2D eigenvalue weighted by atomic mass is 16.5. The molecule has 0 saturated heterocycles. The Kier molecular flexibility index (Phi) is 6.00. The van der Waals surface area contributed by atoms with Gasteiger partial charge in [-0.25, -0.2) is 0 Å². The molecule has 18 heavy (non-hydrogen) atoms. The van der Waals surface area contributed by atoms with E-state index in [1.54, 1.807) is 19.2 Å². The van der Waals surface area contributed by atoms with Gasteiger partial charge in [-0.1, -0.05) is 6.07 Å². The molecule has 0 aliphatic carbocycles. The van der Waals surface area contributed by atoms with Gasteiger partial charge in [0.25, 0.3) is 0 Å². The number of nitrogen functional groups attached to an aromatic ring is 1. The number of amides is 1. The number of nitrogens with two attached hydrogens (primary N) is 1. The van der Waals surface area contributed by atoms with Crippen molar-refractivity contribution in [2.24, 2.45) is 0 Å². The number of methoxy groups -OCH3 is 1. The molecule has 0 aromatic heterocycles. The van der Waals surface area contributed by atoms with Crippen LogP contribution in [0.1, 0.15) is 13.3 Å². The van der Waals surface area contributed by atoms with Crippen LogP contribution in [0.25, 0.3) is 0 Å². The van der Waals surface area contributed by atoms with E-state index in [2.05, 4.69) is 5.32 Å². The highest BCUT2D eigenvalue weighted by molar-refractivity contribution is 5.76. The fraction of sp³-hybridized carbons (Fsp3) is 0.462. The lowest BCUT2D eigenvalue weighted by Gasteiger charge is -2.13. The van der Waals surface area contributed by atoms with Crippen LogP contribution in [0.2, 0.25) is 0 Å². The average Bonchev–Trinajstić information content (AvgIpc) is 2.29. The number of carbonyl (C=O) groups is 1. The van der Waals surface area contributed by atoms with Gasteiger partial charge < -0.3 is 20.5 Å². The van der Waals surface area contributed by atoms with Crippen LogP contribution in [-0.4, -0.2) is 32.3 Å². The summed E-state index contributed by atoms with van der Waals surface area (Å²) < 4.78 is 10.4. The van der Waals surface area contributed by atoms with Crippen LogP contribution < -0.4 is 15.8 Å². The van der Waals surface area contributed by atoms with E-state index in [1.165, 1.54) is 0 Å². The number of hydrogen-bond acceptors (Lipinski definition) is 4. The molecule has 100 valence electrons. The summed E-state index contributed by atoms with van der Waals surface area (Å²) in [6.07, 6.45) is 0.308. The summed E-state index contributed by atoms with van der Waals surface area (Å²) in [5, 5.41) is 2.81. The maximum absolute atomic E-state index is 11.5. The van der Waals surface area contributed by atoms with Crippen molar-refractivity contribution in [1.29, 1.82) is 0 Å². The molecule has 0 saturated carbocycles. The normalized spacial score (nSPS) is 11.9.